The van der Waals surface area contributed by atoms with Crippen molar-refractivity contribution in [3.63, 3.8) is 0 Å². The van der Waals surface area contributed by atoms with E-state index in [2.05, 4.69) is 0 Å². The molecular formula is C11H12Cl2O3. The molecule has 1 aromatic rings. The quantitative estimate of drug-likeness (QED) is 0.783. The van der Waals surface area contributed by atoms with Gasteiger partial charge in [0.25, 0.3) is 0 Å². The minimum atomic E-state index is -0.339. The third kappa shape index (κ3) is 3.29. The molecule has 0 N–H and O–H groups in total. The van der Waals surface area contributed by atoms with Gasteiger partial charge in [0.05, 0.1) is 25.2 Å². The van der Waals surface area contributed by atoms with Gasteiger partial charge in [-0.1, -0.05) is 23.2 Å². The second kappa shape index (κ2) is 5.97. The van der Waals surface area contributed by atoms with Crippen molar-refractivity contribution >= 4 is 29.2 Å². The van der Waals surface area contributed by atoms with Crippen LogP contribution in [0.2, 0.25) is 10.0 Å². The maximum atomic E-state index is 11.3. The molecule has 0 heterocycles. The molecule has 0 unspecified atom stereocenters. The molecule has 0 aliphatic rings. The third-order valence-corrected chi connectivity index (χ3v) is 2.59. The third-order valence-electron chi connectivity index (χ3n) is 1.94. The normalized spacial score (nSPS) is 10.0. The molecule has 0 radical (unpaired) electrons. The Kier molecular flexibility index (Phi) is 4.90. The van der Waals surface area contributed by atoms with E-state index in [1.807, 2.05) is 0 Å². The molecule has 0 saturated heterocycles. The first kappa shape index (κ1) is 13.1. The molecule has 0 fully saturated rings. The summed E-state index contributed by atoms with van der Waals surface area (Å²) >= 11 is 11.9. The van der Waals surface area contributed by atoms with Gasteiger partial charge in [-0.05, 0) is 18.6 Å². The molecule has 0 aliphatic heterocycles. The van der Waals surface area contributed by atoms with E-state index in [1.54, 1.807) is 19.1 Å². The van der Waals surface area contributed by atoms with Gasteiger partial charge in [-0.3, -0.25) is 4.79 Å². The summed E-state index contributed by atoms with van der Waals surface area (Å²) in [7, 11) is 1.49. The first-order chi connectivity index (χ1) is 7.58. The number of hydrogen-bond donors (Lipinski definition) is 0. The number of benzene rings is 1. The van der Waals surface area contributed by atoms with Gasteiger partial charge in [0.2, 0.25) is 0 Å². The van der Waals surface area contributed by atoms with Gasteiger partial charge in [-0.2, -0.15) is 0 Å². The molecule has 1 aromatic carbocycles. The van der Waals surface area contributed by atoms with Gasteiger partial charge >= 0.3 is 5.97 Å². The Labute approximate surface area is 104 Å². The Balaban J connectivity index is 2.95. The number of halogens is 2. The average Bonchev–Trinajstić information content (AvgIpc) is 2.23. The zero-order valence-corrected chi connectivity index (χ0v) is 10.6. The SMILES string of the molecule is CCOC(=O)Cc1cc(Cl)cc(OC)c1Cl. The molecule has 16 heavy (non-hydrogen) atoms. The van der Waals surface area contributed by atoms with E-state index in [4.69, 9.17) is 32.7 Å². The van der Waals surface area contributed by atoms with Crippen LogP contribution in [0.25, 0.3) is 0 Å². The lowest BCUT2D eigenvalue weighted by molar-refractivity contribution is -0.142. The Morgan fingerprint density at radius 1 is 1.38 bits per heavy atom. The molecule has 0 atom stereocenters. The number of hydrogen-bond acceptors (Lipinski definition) is 3. The summed E-state index contributed by atoms with van der Waals surface area (Å²) in [5, 5.41) is 0.862. The van der Waals surface area contributed by atoms with Crippen LogP contribution >= 0.6 is 23.2 Å². The maximum absolute atomic E-state index is 11.3. The lowest BCUT2D eigenvalue weighted by atomic mass is 10.1. The minimum Gasteiger partial charge on any atom is -0.495 e. The number of ether oxygens (including phenoxy) is 2. The van der Waals surface area contributed by atoms with Crippen LogP contribution in [-0.4, -0.2) is 19.7 Å². The van der Waals surface area contributed by atoms with Crippen molar-refractivity contribution in [2.24, 2.45) is 0 Å². The first-order valence-electron chi connectivity index (χ1n) is 4.76. The van der Waals surface area contributed by atoms with E-state index in [-0.39, 0.29) is 12.4 Å². The minimum absolute atomic E-state index is 0.0869. The van der Waals surface area contributed by atoms with E-state index in [9.17, 15) is 4.79 Å². The fourth-order valence-electron chi connectivity index (χ4n) is 1.26. The highest BCUT2D eigenvalue weighted by atomic mass is 35.5. The summed E-state index contributed by atoms with van der Waals surface area (Å²) < 4.78 is 9.87. The molecule has 1 rings (SSSR count). The fraction of sp³-hybridized carbons (Fsp3) is 0.364. The van der Waals surface area contributed by atoms with E-state index < -0.39 is 0 Å². The lowest BCUT2D eigenvalue weighted by Gasteiger charge is -2.09. The maximum Gasteiger partial charge on any atom is 0.310 e. The Hall–Kier alpha value is -0.930. The van der Waals surface area contributed by atoms with E-state index in [0.717, 1.165) is 0 Å². The highest BCUT2D eigenvalue weighted by Gasteiger charge is 2.13. The Morgan fingerprint density at radius 2 is 2.06 bits per heavy atom. The summed E-state index contributed by atoms with van der Waals surface area (Å²) in [5.41, 5.74) is 0.601. The van der Waals surface area contributed by atoms with Gasteiger partial charge in [0.15, 0.2) is 0 Å². The number of carbonyl (C=O) groups excluding carboxylic acids is 1. The van der Waals surface area contributed by atoms with Crippen molar-refractivity contribution in [3.8, 4) is 5.75 Å². The summed E-state index contributed by atoms with van der Waals surface area (Å²) in [5.74, 6) is 0.113. The zero-order valence-electron chi connectivity index (χ0n) is 9.05. The van der Waals surface area contributed by atoms with Crippen molar-refractivity contribution in [1.82, 2.24) is 0 Å². The summed E-state index contributed by atoms with van der Waals surface area (Å²) in [6.07, 6.45) is 0.0869. The summed E-state index contributed by atoms with van der Waals surface area (Å²) in [4.78, 5) is 11.3. The molecule has 88 valence electrons. The molecule has 5 heteroatoms. The van der Waals surface area contributed by atoms with E-state index >= 15 is 0 Å². The van der Waals surface area contributed by atoms with Crippen LogP contribution < -0.4 is 4.74 Å². The van der Waals surface area contributed by atoms with Crippen molar-refractivity contribution in [2.75, 3.05) is 13.7 Å². The van der Waals surface area contributed by atoms with E-state index in [0.29, 0.717) is 28.0 Å². The second-order valence-corrected chi connectivity index (χ2v) is 3.88. The monoisotopic (exact) mass is 262 g/mol. The number of carbonyl (C=O) groups is 1. The second-order valence-electron chi connectivity index (χ2n) is 3.06. The van der Waals surface area contributed by atoms with Gasteiger partial charge in [-0.25, -0.2) is 0 Å². The number of esters is 1. The highest BCUT2D eigenvalue weighted by Crippen LogP contribution is 2.32. The Bertz CT molecular complexity index is 391. The van der Waals surface area contributed by atoms with Crippen molar-refractivity contribution in [1.29, 1.82) is 0 Å². The molecule has 0 saturated carbocycles. The van der Waals surface area contributed by atoms with Gasteiger partial charge < -0.3 is 9.47 Å². The number of methoxy groups -OCH3 is 1. The van der Waals surface area contributed by atoms with Gasteiger partial charge in [0, 0.05) is 11.1 Å². The van der Waals surface area contributed by atoms with Crippen LogP contribution in [-0.2, 0) is 16.0 Å². The standard InChI is InChI=1S/C11H12Cl2O3/c1-3-16-10(14)5-7-4-8(12)6-9(15-2)11(7)13/h4,6H,3,5H2,1-2H3. The molecular weight excluding hydrogens is 251 g/mol. The predicted octanol–water partition coefficient (Wildman–Crippen LogP) is 3.11. The zero-order chi connectivity index (χ0) is 12.1. The lowest BCUT2D eigenvalue weighted by Crippen LogP contribution is -2.08. The molecule has 3 nitrogen and oxygen atoms in total. The van der Waals surface area contributed by atoms with Crippen LogP contribution in [0.3, 0.4) is 0 Å². The average molecular weight is 263 g/mol. The van der Waals surface area contributed by atoms with Crippen LogP contribution in [0.4, 0.5) is 0 Å². The van der Waals surface area contributed by atoms with Crippen molar-refractivity contribution in [2.45, 2.75) is 13.3 Å². The molecule has 0 aromatic heterocycles. The van der Waals surface area contributed by atoms with Gasteiger partial charge in [-0.15, -0.1) is 0 Å². The summed E-state index contributed by atoms with van der Waals surface area (Å²) in [6, 6.07) is 3.22. The topological polar surface area (TPSA) is 35.5 Å². The predicted molar refractivity (Wildman–Crippen MR) is 63.4 cm³/mol. The van der Waals surface area contributed by atoms with Crippen LogP contribution in [0.1, 0.15) is 12.5 Å². The Morgan fingerprint density at radius 3 is 2.62 bits per heavy atom. The first-order valence-corrected chi connectivity index (χ1v) is 5.51. The van der Waals surface area contributed by atoms with Crippen molar-refractivity contribution < 1.29 is 14.3 Å². The molecule has 0 spiro atoms. The van der Waals surface area contributed by atoms with Gasteiger partial charge in [0.1, 0.15) is 5.75 Å². The fourth-order valence-corrected chi connectivity index (χ4v) is 1.75. The van der Waals surface area contributed by atoms with Crippen molar-refractivity contribution in [3.05, 3.63) is 27.7 Å². The van der Waals surface area contributed by atoms with Crippen LogP contribution in [0.5, 0.6) is 5.75 Å². The number of rotatable bonds is 4. The molecule has 0 bridgehead atoms. The van der Waals surface area contributed by atoms with Crippen LogP contribution in [0.15, 0.2) is 12.1 Å². The molecule has 0 aliphatic carbocycles. The summed E-state index contributed by atoms with van der Waals surface area (Å²) in [6.45, 7) is 2.09. The highest BCUT2D eigenvalue weighted by molar-refractivity contribution is 6.35. The largest absolute Gasteiger partial charge is 0.495 e. The van der Waals surface area contributed by atoms with Crippen LogP contribution in [0, 0.1) is 0 Å². The molecule has 0 amide bonds. The smallest absolute Gasteiger partial charge is 0.310 e. The van der Waals surface area contributed by atoms with E-state index in [1.165, 1.54) is 7.11 Å².